The molecule has 0 amide bonds. The summed E-state index contributed by atoms with van der Waals surface area (Å²) in [4.78, 5) is 18.4. The molecule has 6 heterocycles. The molecule has 0 saturated carbocycles. The maximum absolute atomic E-state index is 6.17. The summed E-state index contributed by atoms with van der Waals surface area (Å²) in [5.74, 6) is 0.455. The second kappa shape index (κ2) is 10.9. The van der Waals surface area contributed by atoms with Crippen molar-refractivity contribution in [3.63, 3.8) is 0 Å². The smallest absolute Gasteiger partial charge is 0.164 e. The SMILES string of the molecule is CC.Cc1nn(C(C)c2cc3ccccn3c2-c2cc(CN3CCN(C)CC3)ccn2)c2ncnc(N)c12. The second-order valence-electron chi connectivity index (χ2n) is 9.74. The van der Waals surface area contributed by atoms with Gasteiger partial charge in [-0.1, -0.05) is 19.9 Å². The van der Waals surface area contributed by atoms with Crippen LogP contribution in [0.1, 0.15) is 43.6 Å². The van der Waals surface area contributed by atoms with E-state index >= 15 is 0 Å². The van der Waals surface area contributed by atoms with Gasteiger partial charge in [0, 0.05) is 56.2 Å². The second-order valence-corrected chi connectivity index (χ2v) is 9.74. The molecule has 0 spiro atoms. The van der Waals surface area contributed by atoms with Crippen LogP contribution in [-0.4, -0.2) is 72.2 Å². The fourth-order valence-corrected chi connectivity index (χ4v) is 5.27. The predicted molar refractivity (Wildman–Crippen MR) is 153 cm³/mol. The summed E-state index contributed by atoms with van der Waals surface area (Å²) in [7, 11) is 2.19. The van der Waals surface area contributed by atoms with Gasteiger partial charge in [0.1, 0.15) is 12.1 Å². The minimum atomic E-state index is -0.0894. The molecule has 1 aliphatic rings. The van der Waals surface area contributed by atoms with Gasteiger partial charge in [0.15, 0.2) is 5.65 Å². The lowest BCUT2D eigenvalue weighted by molar-refractivity contribution is 0.148. The van der Waals surface area contributed by atoms with E-state index in [1.807, 2.05) is 31.6 Å². The van der Waals surface area contributed by atoms with Crippen LogP contribution in [0, 0.1) is 6.92 Å². The van der Waals surface area contributed by atoms with Gasteiger partial charge in [-0.25, -0.2) is 14.6 Å². The Hall–Kier alpha value is -3.82. The first-order valence-electron chi connectivity index (χ1n) is 13.4. The highest BCUT2D eigenvalue weighted by Crippen LogP contribution is 2.35. The molecule has 0 radical (unpaired) electrons. The first-order chi connectivity index (χ1) is 18.5. The molecule has 5 aromatic rings. The van der Waals surface area contributed by atoms with Crippen molar-refractivity contribution >= 4 is 22.4 Å². The normalized spacial score (nSPS) is 15.5. The van der Waals surface area contributed by atoms with E-state index in [2.05, 4.69) is 80.7 Å². The molecule has 198 valence electrons. The Labute approximate surface area is 223 Å². The molecule has 5 aromatic heterocycles. The Morgan fingerprint density at radius 2 is 1.79 bits per heavy atom. The van der Waals surface area contributed by atoms with Gasteiger partial charge in [-0.3, -0.25) is 9.88 Å². The van der Waals surface area contributed by atoms with Crippen LogP contribution in [0.4, 0.5) is 5.82 Å². The van der Waals surface area contributed by atoms with E-state index in [4.69, 9.17) is 15.8 Å². The van der Waals surface area contributed by atoms with E-state index in [0.29, 0.717) is 5.82 Å². The summed E-state index contributed by atoms with van der Waals surface area (Å²) in [5.41, 5.74) is 13.3. The van der Waals surface area contributed by atoms with Crippen LogP contribution in [0.25, 0.3) is 27.9 Å². The third-order valence-electron chi connectivity index (χ3n) is 7.29. The van der Waals surface area contributed by atoms with Crippen LogP contribution >= 0.6 is 0 Å². The molecular weight excluding hydrogens is 474 g/mol. The van der Waals surface area contributed by atoms with Gasteiger partial charge >= 0.3 is 0 Å². The minimum Gasteiger partial charge on any atom is -0.383 e. The lowest BCUT2D eigenvalue weighted by Gasteiger charge is -2.32. The predicted octanol–water partition coefficient (Wildman–Crippen LogP) is 4.41. The van der Waals surface area contributed by atoms with Crippen LogP contribution in [0.2, 0.25) is 0 Å². The van der Waals surface area contributed by atoms with Crippen LogP contribution in [0.15, 0.2) is 55.1 Å². The number of piperazine rings is 1. The maximum Gasteiger partial charge on any atom is 0.164 e. The zero-order valence-corrected chi connectivity index (χ0v) is 23.0. The zero-order chi connectivity index (χ0) is 26.8. The number of nitrogen functional groups attached to an aromatic ring is 1. The molecule has 1 saturated heterocycles. The highest BCUT2D eigenvalue weighted by molar-refractivity contribution is 5.88. The summed E-state index contributed by atoms with van der Waals surface area (Å²) in [6, 6.07) is 12.7. The summed E-state index contributed by atoms with van der Waals surface area (Å²) >= 11 is 0. The van der Waals surface area contributed by atoms with E-state index in [0.717, 1.165) is 71.9 Å². The third kappa shape index (κ3) is 4.75. The van der Waals surface area contributed by atoms with Gasteiger partial charge in [-0.15, -0.1) is 0 Å². The van der Waals surface area contributed by atoms with E-state index in [1.165, 1.54) is 11.9 Å². The molecule has 2 N–H and O–H groups in total. The third-order valence-corrected chi connectivity index (χ3v) is 7.29. The Kier molecular flexibility index (Phi) is 7.40. The molecule has 1 atom stereocenters. The van der Waals surface area contributed by atoms with Crippen molar-refractivity contribution in [3.8, 4) is 11.4 Å². The Morgan fingerprint density at radius 1 is 1.00 bits per heavy atom. The van der Waals surface area contributed by atoms with Gasteiger partial charge in [0.05, 0.1) is 28.5 Å². The largest absolute Gasteiger partial charge is 0.383 e. The molecule has 6 rings (SSSR count). The molecule has 1 aliphatic heterocycles. The van der Waals surface area contributed by atoms with Crippen LogP contribution in [-0.2, 0) is 6.54 Å². The van der Waals surface area contributed by atoms with Crippen LogP contribution < -0.4 is 5.73 Å². The molecule has 1 fully saturated rings. The highest BCUT2D eigenvalue weighted by Gasteiger charge is 2.24. The summed E-state index contributed by atoms with van der Waals surface area (Å²) < 4.78 is 4.17. The number of aromatic nitrogens is 6. The number of nitrogens with zero attached hydrogens (tertiary/aromatic N) is 8. The maximum atomic E-state index is 6.17. The number of likely N-dealkylation sites (N-methyl/N-ethyl adjacent to an activating group) is 1. The monoisotopic (exact) mass is 511 g/mol. The fourth-order valence-electron chi connectivity index (χ4n) is 5.27. The molecule has 1 unspecified atom stereocenters. The Morgan fingerprint density at radius 3 is 2.58 bits per heavy atom. The number of hydrogen-bond acceptors (Lipinski definition) is 7. The molecule has 0 bridgehead atoms. The molecule has 0 aromatic carbocycles. The van der Waals surface area contributed by atoms with Crippen LogP contribution in [0.5, 0.6) is 0 Å². The molecule has 38 heavy (non-hydrogen) atoms. The summed E-state index contributed by atoms with van der Waals surface area (Å²) in [6.07, 6.45) is 5.53. The number of aryl methyl sites for hydroxylation is 1. The average Bonchev–Trinajstić information content (AvgIpc) is 3.50. The van der Waals surface area contributed by atoms with Crippen molar-refractivity contribution in [1.29, 1.82) is 0 Å². The number of hydrogen-bond donors (Lipinski definition) is 1. The lowest BCUT2D eigenvalue weighted by Crippen LogP contribution is -2.43. The number of anilines is 1. The molecule has 0 aliphatic carbocycles. The lowest BCUT2D eigenvalue weighted by atomic mass is 10.0. The van der Waals surface area contributed by atoms with Crippen molar-refractivity contribution in [3.05, 3.63) is 71.9 Å². The first-order valence-corrected chi connectivity index (χ1v) is 13.4. The van der Waals surface area contributed by atoms with Gasteiger partial charge in [0.2, 0.25) is 0 Å². The van der Waals surface area contributed by atoms with E-state index in [-0.39, 0.29) is 6.04 Å². The summed E-state index contributed by atoms with van der Waals surface area (Å²) in [5, 5.41) is 5.63. The van der Waals surface area contributed by atoms with Crippen molar-refractivity contribution in [2.75, 3.05) is 39.0 Å². The fraction of sp³-hybridized carbons (Fsp3) is 0.379. The van der Waals surface area contributed by atoms with Gasteiger partial charge in [0.25, 0.3) is 0 Å². The zero-order valence-electron chi connectivity index (χ0n) is 23.0. The molecular formula is C29H37N9. The number of rotatable bonds is 5. The van der Waals surface area contributed by atoms with Crippen molar-refractivity contribution in [2.45, 2.75) is 40.3 Å². The Balaban J connectivity index is 0.00000144. The minimum absolute atomic E-state index is 0.0894. The Bertz CT molecular complexity index is 1540. The highest BCUT2D eigenvalue weighted by atomic mass is 15.3. The standard InChI is InChI=1S/C27H31N9.C2H6/c1-18-24-26(28)30-17-31-27(24)36(32-18)19(2)22-15-21-6-4-5-9-35(21)25(22)23-14-20(7-8-29-23)16-34-12-10-33(3)11-13-34;1-2/h4-9,14-15,17,19H,10-13,16H2,1-3H3,(H2,28,30,31);1-2H3. The first kappa shape index (κ1) is 25.8. The van der Waals surface area contributed by atoms with Gasteiger partial charge in [-0.2, -0.15) is 5.10 Å². The van der Waals surface area contributed by atoms with Gasteiger partial charge < -0.3 is 15.0 Å². The number of fused-ring (bicyclic) bond motifs is 2. The number of pyridine rings is 2. The topological polar surface area (TPSA) is 93.4 Å². The quantitative estimate of drug-likeness (QED) is 0.373. The average molecular weight is 512 g/mol. The van der Waals surface area contributed by atoms with Crippen molar-refractivity contribution in [1.82, 2.24) is 38.9 Å². The molecule has 9 nitrogen and oxygen atoms in total. The van der Waals surface area contributed by atoms with E-state index in [9.17, 15) is 0 Å². The molecule has 9 heteroatoms. The van der Waals surface area contributed by atoms with Gasteiger partial charge in [-0.05, 0) is 56.8 Å². The number of nitrogens with two attached hydrogens (primary N) is 1. The summed E-state index contributed by atoms with van der Waals surface area (Å²) in [6.45, 7) is 13.4. The van der Waals surface area contributed by atoms with Crippen molar-refractivity contribution in [2.24, 2.45) is 0 Å². The van der Waals surface area contributed by atoms with Crippen molar-refractivity contribution < 1.29 is 0 Å². The van der Waals surface area contributed by atoms with E-state index < -0.39 is 0 Å². The van der Waals surface area contributed by atoms with E-state index in [1.54, 1.807) is 0 Å². The van der Waals surface area contributed by atoms with Crippen LogP contribution in [0.3, 0.4) is 0 Å².